The number of carbonyl (C=O) groups is 3. The maximum absolute atomic E-state index is 12.1. The third kappa shape index (κ3) is 2.79. The molecule has 1 saturated heterocycles. The molecule has 1 aliphatic rings. The number of aryl methyl sites for hydroxylation is 1. The average Bonchev–Trinajstić information content (AvgIpc) is 2.62. The number of rotatable bonds is 5. The zero-order chi connectivity index (χ0) is 14.8. The predicted octanol–water partition coefficient (Wildman–Crippen LogP) is -0.320. The average molecular weight is 275 g/mol. The van der Waals surface area contributed by atoms with Crippen LogP contribution in [0.5, 0.6) is 0 Å². The van der Waals surface area contributed by atoms with E-state index in [1.807, 2.05) is 30.3 Å². The maximum Gasteiger partial charge on any atom is 0.325 e. The van der Waals surface area contributed by atoms with Crippen molar-refractivity contribution < 1.29 is 19.5 Å². The van der Waals surface area contributed by atoms with E-state index in [0.29, 0.717) is 17.7 Å². The lowest BCUT2D eigenvalue weighted by Crippen LogP contribution is -2.45. The van der Waals surface area contributed by atoms with Crippen LogP contribution in [-0.4, -0.2) is 34.9 Å². The van der Waals surface area contributed by atoms with Crippen molar-refractivity contribution in [2.45, 2.75) is 25.3 Å². The molecule has 0 radical (unpaired) electrons. The van der Waals surface area contributed by atoms with Crippen LogP contribution in [0, 0.1) is 0 Å². The van der Waals surface area contributed by atoms with Crippen LogP contribution < -0.4 is 10.4 Å². The number of hydrogen-bond donors (Lipinski definition) is 1. The number of imide groups is 1. The molecule has 0 unspecified atom stereocenters. The van der Waals surface area contributed by atoms with Gasteiger partial charge in [0, 0.05) is 0 Å². The molecule has 1 atom stereocenters. The molecule has 20 heavy (non-hydrogen) atoms. The summed E-state index contributed by atoms with van der Waals surface area (Å²) in [5.41, 5.74) is -0.0170. The number of amides is 3. The molecule has 106 valence electrons. The van der Waals surface area contributed by atoms with Gasteiger partial charge >= 0.3 is 6.03 Å². The van der Waals surface area contributed by atoms with Crippen molar-refractivity contribution in [2.24, 2.45) is 0 Å². The Bertz CT molecular complexity index is 543. The summed E-state index contributed by atoms with van der Waals surface area (Å²) in [6.07, 6.45) is 1.02. The maximum atomic E-state index is 12.1. The molecule has 0 aromatic heterocycles. The van der Waals surface area contributed by atoms with Gasteiger partial charge < -0.3 is 15.2 Å². The van der Waals surface area contributed by atoms with Crippen LogP contribution in [0.25, 0.3) is 0 Å². The molecule has 2 rings (SSSR count). The molecule has 6 nitrogen and oxygen atoms in total. The highest BCUT2D eigenvalue weighted by Crippen LogP contribution is 2.22. The quantitative estimate of drug-likeness (QED) is 0.746. The normalized spacial score (nSPS) is 21.9. The van der Waals surface area contributed by atoms with Crippen LogP contribution in [0.2, 0.25) is 0 Å². The number of nitrogens with zero attached hydrogens (tertiary/aromatic N) is 1. The lowest BCUT2D eigenvalue weighted by molar-refractivity contribution is -0.305. The third-order valence-corrected chi connectivity index (χ3v) is 3.39. The van der Waals surface area contributed by atoms with E-state index in [1.165, 1.54) is 0 Å². The number of carbonyl (C=O) groups excluding carboxylic acids is 3. The molecular formula is C14H15N2O4-. The van der Waals surface area contributed by atoms with Crippen LogP contribution in [-0.2, 0) is 16.0 Å². The Morgan fingerprint density at radius 3 is 2.55 bits per heavy atom. The molecule has 1 N–H and O–H groups in total. The Morgan fingerprint density at radius 2 is 1.95 bits per heavy atom. The molecular weight excluding hydrogens is 260 g/mol. The van der Waals surface area contributed by atoms with E-state index >= 15 is 0 Å². The van der Waals surface area contributed by atoms with Gasteiger partial charge in [-0.15, -0.1) is 0 Å². The van der Waals surface area contributed by atoms with Gasteiger partial charge in [-0.1, -0.05) is 30.3 Å². The summed E-state index contributed by atoms with van der Waals surface area (Å²) in [5.74, 6) is -1.98. The molecule has 1 heterocycles. The van der Waals surface area contributed by atoms with E-state index in [0.717, 1.165) is 5.56 Å². The highest BCUT2D eigenvalue weighted by Gasteiger charge is 2.47. The van der Waals surface area contributed by atoms with Gasteiger partial charge in [0.1, 0.15) is 5.54 Å². The van der Waals surface area contributed by atoms with E-state index in [1.54, 1.807) is 6.92 Å². The standard InChI is InChI=1S/C14H16N2O4/c1-14(8-7-10-5-3-2-4-6-10)12(19)16(9-11(17)18)13(20)15-14/h2-6H,7-9H2,1H3,(H,15,20)(H,17,18)/p-1/t14-/m1/s1. The summed E-state index contributed by atoms with van der Waals surface area (Å²) in [6.45, 7) is 0.886. The van der Waals surface area contributed by atoms with Crippen LogP contribution in [0.1, 0.15) is 18.9 Å². The molecule has 1 aromatic rings. The first-order valence-corrected chi connectivity index (χ1v) is 6.30. The lowest BCUT2D eigenvalue weighted by Gasteiger charge is -2.21. The molecule has 3 amide bonds. The number of hydrogen-bond acceptors (Lipinski definition) is 4. The Morgan fingerprint density at radius 1 is 1.30 bits per heavy atom. The van der Waals surface area contributed by atoms with Crippen molar-refractivity contribution in [3.8, 4) is 0 Å². The topological polar surface area (TPSA) is 89.5 Å². The minimum Gasteiger partial charge on any atom is -0.548 e. The second-order valence-electron chi connectivity index (χ2n) is 5.01. The summed E-state index contributed by atoms with van der Waals surface area (Å²) >= 11 is 0. The van der Waals surface area contributed by atoms with E-state index in [9.17, 15) is 19.5 Å². The SMILES string of the molecule is C[C@]1(CCc2ccccc2)NC(=O)N(CC(=O)[O-])C1=O. The molecule has 1 aliphatic heterocycles. The minimum absolute atomic E-state index is 0.408. The van der Waals surface area contributed by atoms with Gasteiger partial charge in [-0.05, 0) is 25.3 Å². The fourth-order valence-corrected chi connectivity index (χ4v) is 2.23. The van der Waals surface area contributed by atoms with Crippen LogP contribution in [0.3, 0.4) is 0 Å². The Hall–Kier alpha value is -2.37. The second-order valence-corrected chi connectivity index (χ2v) is 5.01. The third-order valence-electron chi connectivity index (χ3n) is 3.39. The molecule has 0 saturated carbocycles. The highest BCUT2D eigenvalue weighted by atomic mass is 16.4. The van der Waals surface area contributed by atoms with Crippen molar-refractivity contribution in [1.29, 1.82) is 0 Å². The number of nitrogens with one attached hydrogen (secondary N) is 1. The Labute approximate surface area is 116 Å². The number of benzene rings is 1. The van der Waals surface area contributed by atoms with Crippen molar-refractivity contribution in [1.82, 2.24) is 10.2 Å². The van der Waals surface area contributed by atoms with Crippen molar-refractivity contribution in [3.63, 3.8) is 0 Å². The van der Waals surface area contributed by atoms with Gasteiger partial charge in [-0.25, -0.2) is 4.79 Å². The van der Waals surface area contributed by atoms with Gasteiger partial charge in [0.2, 0.25) is 0 Å². The Kier molecular flexibility index (Phi) is 3.74. The van der Waals surface area contributed by atoms with Gasteiger partial charge in [-0.2, -0.15) is 0 Å². The number of carboxylic acid groups (broad SMARTS) is 1. The highest BCUT2D eigenvalue weighted by molar-refractivity contribution is 6.08. The molecule has 1 fully saturated rings. The summed E-state index contributed by atoms with van der Waals surface area (Å²) in [4.78, 5) is 35.0. The molecule has 1 aromatic carbocycles. The van der Waals surface area contributed by atoms with E-state index in [-0.39, 0.29) is 0 Å². The number of urea groups is 1. The van der Waals surface area contributed by atoms with Gasteiger partial charge in [0.15, 0.2) is 0 Å². The van der Waals surface area contributed by atoms with Gasteiger partial charge in [-0.3, -0.25) is 9.69 Å². The fourth-order valence-electron chi connectivity index (χ4n) is 2.23. The minimum atomic E-state index is -1.46. The number of carboxylic acids is 1. The first-order valence-electron chi connectivity index (χ1n) is 6.30. The summed E-state index contributed by atoms with van der Waals surface area (Å²) in [7, 11) is 0. The summed E-state index contributed by atoms with van der Waals surface area (Å²) in [6, 6.07) is 8.88. The molecule has 0 aliphatic carbocycles. The van der Waals surface area contributed by atoms with Crippen molar-refractivity contribution >= 4 is 17.9 Å². The van der Waals surface area contributed by atoms with Crippen molar-refractivity contribution in [2.75, 3.05) is 6.54 Å². The predicted molar refractivity (Wildman–Crippen MR) is 68.4 cm³/mol. The number of aliphatic carboxylic acids is 1. The molecule has 0 spiro atoms. The van der Waals surface area contributed by atoms with Crippen LogP contribution >= 0.6 is 0 Å². The van der Waals surface area contributed by atoms with E-state index in [2.05, 4.69) is 5.32 Å². The summed E-state index contributed by atoms with van der Waals surface area (Å²) in [5, 5.41) is 13.1. The molecule has 0 bridgehead atoms. The van der Waals surface area contributed by atoms with Gasteiger partial charge in [0.25, 0.3) is 5.91 Å². The second kappa shape index (κ2) is 5.32. The van der Waals surface area contributed by atoms with Crippen LogP contribution in [0.15, 0.2) is 30.3 Å². The first-order chi connectivity index (χ1) is 9.42. The van der Waals surface area contributed by atoms with Crippen LogP contribution in [0.4, 0.5) is 4.79 Å². The Balaban J connectivity index is 2.05. The first kappa shape index (κ1) is 14.0. The zero-order valence-corrected chi connectivity index (χ0v) is 11.1. The van der Waals surface area contributed by atoms with Crippen molar-refractivity contribution in [3.05, 3.63) is 35.9 Å². The smallest absolute Gasteiger partial charge is 0.325 e. The zero-order valence-electron chi connectivity index (χ0n) is 11.1. The largest absolute Gasteiger partial charge is 0.548 e. The van der Waals surface area contributed by atoms with E-state index in [4.69, 9.17) is 0 Å². The van der Waals surface area contributed by atoms with Gasteiger partial charge in [0.05, 0.1) is 12.5 Å². The summed E-state index contributed by atoms with van der Waals surface area (Å²) < 4.78 is 0. The monoisotopic (exact) mass is 275 g/mol. The molecule has 6 heteroatoms. The lowest BCUT2D eigenvalue weighted by atomic mass is 9.93. The fraction of sp³-hybridized carbons (Fsp3) is 0.357. The van der Waals surface area contributed by atoms with E-state index < -0.39 is 30.0 Å².